The standard InChI is InChI=1S/C23H33N3O2/c1-17(22-16-18-8-6-7-11-21(18)28-22)25(2)23(27)24-19-12-14-26(15-13-19)20-9-4-3-5-10-20/h6-8,11,16-17,19-20H,3-5,9-10,12-15H2,1-2H3,(H,24,27). The zero-order valence-corrected chi connectivity index (χ0v) is 17.2. The minimum Gasteiger partial charge on any atom is -0.459 e. The molecule has 5 heteroatoms. The number of nitrogens with one attached hydrogen (secondary N) is 1. The number of nitrogens with zero attached hydrogens (tertiary/aromatic N) is 2. The number of hydrogen-bond acceptors (Lipinski definition) is 3. The van der Waals surface area contributed by atoms with Crippen molar-refractivity contribution in [3.63, 3.8) is 0 Å². The molecule has 0 bridgehead atoms. The van der Waals surface area contributed by atoms with Crippen LogP contribution in [-0.4, -0.2) is 48.1 Å². The third-order valence-electron chi connectivity index (χ3n) is 6.71. The van der Waals surface area contributed by atoms with Crippen LogP contribution in [-0.2, 0) is 0 Å². The second kappa shape index (κ2) is 8.56. The Hall–Kier alpha value is -2.01. The number of para-hydroxylation sites is 1. The average Bonchev–Trinajstić information content (AvgIpc) is 3.18. The first-order chi connectivity index (χ1) is 13.6. The number of rotatable bonds is 4. The van der Waals surface area contributed by atoms with E-state index < -0.39 is 0 Å². The van der Waals surface area contributed by atoms with Gasteiger partial charge in [-0.2, -0.15) is 0 Å². The molecule has 1 aliphatic heterocycles. The van der Waals surface area contributed by atoms with Crippen LogP contribution in [0.15, 0.2) is 34.7 Å². The van der Waals surface area contributed by atoms with Gasteiger partial charge in [0.1, 0.15) is 11.3 Å². The van der Waals surface area contributed by atoms with Crippen molar-refractivity contribution in [3.05, 3.63) is 36.1 Å². The summed E-state index contributed by atoms with van der Waals surface area (Å²) in [5.41, 5.74) is 0.869. The third-order valence-corrected chi connectivity index (χ3v) is 6.71. The second-order valence-electron chi connectivity index (χ2n) is 8.53. The Kier molecular flexibility index (Phi) is 5.90. The Labute approximate surface area is 168 Å². The van der Waals surface area contributed by atoms with E-state index in [2.05, 4.69) is 10.2 Å². The molecule has 2 amide bonds. The minimum atomic E-state index is -0.102. The molecule has 28 heavy (non-hydrogen) atoms. The molecule has 2 aliphatic rings. The summed E-state index contributed by atoms with van der Waals surface area (Å²) in [7, 11) is 1.85. The molecular weight excluding hydrogens is 350 g/mol. The van der Waals surface area contributed by atoms with Crippen LogP contribution in [0.5, 0.6) is 0 Å². The number of amides is 2. The van der Waals surface area contributed by atoms with Crippen molar-refractivity contribution in [2.75, 3.05) is 20.1 Å². The van der Waals surface area contributed by atoms with E-state index in [1.165, 1.54) is 32.1 Å². The van der Waals surface area contributed by atoms with Crippen molar-refractivity contribution < 1.29 is 9.21 Å². The van der Waals surface area contributed by atoms with E-state index in [1.54, 1.807) is 4.90 Å². The summed E-state index contributed by atoms with van der Waals surface area (Å²) in [5, 5.41) is 4.32. The van der Waals surface area contributed by atoms with Gasteiger partial charge in [0.05, 0.1) is 6.04 Å². The SMILES string of the molecule is CC(c1cc2ccccc2o1)N(C)C(=O)NC1CCN(C2CCCCC2)CC1. The molecule has 4 rings (SSSR count). The predicted octanol–water partition coefficient (Wildman–Crippen LogP) is 4.93. The Morgan fingerprint density at radius 2 is 1.86 bits per heavy atom. The van der Waals surface area contributed by atoms with Crippen molar-refractivity contribution in [1.29, 1.82) is 0 Å². The fraction of sp³-hybridized carbons (Fsp3) is 0.609. The van der Waals surface area contributed by atoms with Crippen LogP contribution in [0.25, 0.3) is 11.0 Å². The molecule has 2 fully saturated rings. The number of hydrogen-bond donors (Lipinski definition) is 1. The highest BCUT2D eigenvalue weighted by Crippen LogP contribution is 2.28. The van der Waals surface area contributed by atoms with E-state index in [0.717, 1.165) is 48.7 Å². The highest BCUT2D eigenvalue weighted by molar-refractivity contribution is 5.78. The van der Waals surface area contributed by atoms with E-state index in [9.17, 15) is 4.79 Å². The van der Waals surface area contributed by atoms with E-state index >= 15 is 0 Å². The lowest BCUT2D eigenvalue weighted by atomic mass is 9.92. The van der Waals surface area contributed by atoms with Crippen molar-refractivity contribution in [3.8, 4) is 0 Å². The molecular formula is C23H33N3O2. The molecule has 1 saturated carbocycles. The van der Waals surface area contributed by atoms with E-state index in [1.807, 2.05) is 44.3 Å². The van der Waals surface area contributed by atoms with Gasteiger partial charge in [-0.25, -0.2) is 4.79 Å². The van der Waals surface area contributed by atoms with Gasteiger partial charge in [0, 0.05) is 37.6 Å². The van der Waals surface area contributed by atoms with Gasteiger partial charge in [-0.05, 0) is 44.7 Å². The summed E-state index contributed by atoms with van der Waals surface area (Å²) >= 11 is 0. The average molecular weight is 384 g/mol. The smallest absolute Gasteiger partial charge is 0.317 e. The molecule has 0 spiro atoms. The summed E-state index contributed by atoms with van der Waals surface area (Å²) in [6.45, 7) is 4.24. The lowest BCUT2D eigenvalue weighted by molar-refractivity contribution is 0.113. The van der Waals surface area contributed by atoms with Gasteiger partial charge in [-0.1, -0.05) is 37.5 Å². The number of likely N-dealkylation sites (tertiary alicyclic amines) is 1. The summed E-state index contributed by atoms with van der Waals surface area (Å²) < 4.78 is 5.94. The topological polar surface area (TPSA) is 48.7 Å². The van der Waals surface area contributed by atoms with Crippen molar-refractivity contribution in [2.24, 2.45) is 0 Å². The molecule has 5 nitrogen and oxygen atoms in total. The predicted molar refractivity (Wildman–Crippen MR) is 112 cm³/mol. The van der Waals surface area contributed by atoms with Crippen LogP contribution in [0, 0.1) is 0 Å². The number of benzene rings is 1. The zero-order valence-electron chi connectivity index (χ0n) is 17.2. The number of furan rings is 1. The molecule has 1 N–H and O–H groups in total. The van der Waals surface area contributed by atoms with Crippen LogP contribution < -0.4 is 5.32 Å². The number of carbonyl (C=O) groups excluding carboxylic acids is 1. The highest BCUT2D eigenvalue weighted by atomic mass is 16.3. The fourth-order valence-corrected chi connectivity index (χ4v) is 4.71. The maximum Gasteiger partial charge on any atom is 0.317 e. The Morgan fingerprint density at radius 1 is 1.14 bits per heavy atom. The van der Waals surface area contributed by atoms with Gasteiger partial charge in [-0.15, -0.1) is 0 Å². The number of carbonyl (C=O) groups is 1. The fourth-order valence-electron chi connectivity index (χ4n) is 4.71. The molecule has 1 unspecified atom stereocenters. The molecule has 1 aromatic carbocycles. The van der Waals surface area contributed by atoms with E-state index in [4.69, 9.17) is 4.42 Å². The van der Waals surface area contributed by atoms with Crippen LogP contribution in [0.4, 0.5) is 4.79 Å². The molecule has 152 valence electrons. The number of fused-ring (bicyclic) bond motifs is 1. The van der Waals surface area contributed by atoms with Gasteiger partial charge >= 0.3 is 6.03 Å². The lowest BCUT2D eigenvalue weighted by Gasteiger charge is -2.39. The Balaban J connectivity index is 1.29. The quantitative estimate of drug-likeness (QED) is 0.814. The van der Waals surface area contributed by atoms with Crippen LogP contribution in [0.3, 0.4) is 0 Å². The lowest BCUT2D eigenvalue weighted by Crippen LogP contribution is -2.50. The molecule has 2 heterocycles. The Morgan fingerprint density at radius 3 is 2.57 bits per heavy atom. The zero-order chi connectivity index (χ0) is 19.5. The van der Waals surface area contributed by atoms with E-state index in [0.29, 0.717) is 0 Å². The molecule has 0 radical (unpaired) electrons. The number of piperidine rings is 1. The molecule has 1 atom stereocenters. The van der Waals surface area contributed by atoms with Crippen molar-refractivity contribution in [1.82, 2.24) is 15.1 Å². The molecule has 1 aromatic heterocycles. The second-order valence-corrected chi connectivity index (χ2v) is 8.53. The summed E-state index contributed by atoms with van der Waals surface area (Å²) in [4.78, 5) is 17.2. The largest absolute Gasteiger partial charge is 0.459 e. The first kappa shape index (κ1) is 19.3. The van der Waals surface area contributed by atoms with E-state index in [-0.39, 0.29) is 18.1 Å². The summed E-state index contributed by atoms with van der Waals surface area (Å²) in [6, 6.07) is 10.9. The van der Waals surface area contributed by atoms with Crippen molar-refractivity contribution >= 4 is 17.0 Å². The van der Waals surface area contributed by atoms with Gasteiger partial charge in [0.25, 0.3) is 0 Å². The molecule has 1 aliphatic carbocycles. The van der Waals surface area contributed by atoms with Crippen molar-refractivity contribution in [2.45, 2.75) is 70.0 Å². The summed E-state index contributed by atoms with van der Waals surface area (Å²) in [5.74, 6) is 0.825. The molecule has 2 aromatic rings. The monoisotopic (exact) mass is 383 g/mol. The first-order valence-corrected chi connectivity index (χ1v) is 10.9. The Bertz CT molecular complexity index is 755. The summed E-state index contributed by atoms with van der Waals surface area (Å²) in [6.07, 6.45) is 8.98. The maximum atomic E-state index is 12.8. The first-order valence-electron chi connectivity index (χ1n) is 10.9. The van der Waals surface area contributed by atoms with Crippen LogP contribution in [0.1, 0.15) is 63.7 Å². The normalized spacial score (nSPS) is 20.9. The van der Waals surface area contributed by atoms with Gasteiger partial charge < -0.3 is 19.5 Å². The highest BCUT2D eigenvalue weighted by Gasteiger charge is 2.28. The third kappa shape index (κ3) is 4.19. The van der Waals surface area contributed by atoms with Gasteiger partial charge in [-0.3, -0.25) is 0 Å². The van der Waals surface area contributed by atoms with Crippen LogP contribution in [0.2, 0.25) is 0 Å². The minimum absolute atomic E-state index is 0.0101. The molecule has 1 saturated heterocycles. The van der Waals surface area contributed by atoms with Gasteiger partial charge in [0.2, 0.25) is 0 Å². The van der Waals surface area contributed by atoms with Gasteiger partial charge in [0.15, 0.2) is 0 Å². The van der Waals surface area contributed by atoms with Crippen LogP contribution >= 0.6 is 0 Å². The number of urea groups is 1. The maximum absolute atomic E-state index is 12.8.